The van der Waals surface area contributed by atoms with E-state index in [-0.39, 0.29) is 0 Å². The summed E-state index contributed by atoms with van der Waals surface area (Å²) in [6, 6.07) is 9.75. The molecule has 1 aromatic rings. The maximum Gasteiger partial charge on any atom is 0.205 e. The maximum absolute atomic E-state index is 5.76. The Hall–Kier alpha value is -1.57. The molecule has 0 aromatic heterocycles. The van der Waals surface area contributed by atoms with Crippen molar-refractivity contribution < 1.29 is 5.41 Å². The van der Waals surface area contributed by atoms with E-state index in [1.165, 1.54) is 0 Å². The molecule has 0 unspecified atom stereocenters. The Labute approximate surface area is 72.2 Å². The quantitative estimate of drug-likeness (QED) is 0.594. The average Bonchev–Trinajstić information content (AvgIpc) is 2.05. The van der Waals surface area contributed by atoms with Crippen molar-refractivity contribution in [1.82, 2.24) is 0 Å². The smallest absolute Gasteiger partial charge is 0.205 e. The van der Waals surface area contributed by atoms with E-state index in [4.69, 9.17) is 11.1 Å². The molecule has 2 heteroatoms. The fraction of sp³-hybridized carbons (Fsp3) is 0.100. The van der Waals surface area contributed by atoms with Gasteiger partial charge in [-0.25, -0.2) is 0 Å². The van der Waals surface area contributed by atoms with E-state index in [0.717, 1.165) is 11.3 Å². The minimum absolute atomic E-state index is 0.704. The predicted octanol–water partition coefficient (Wildman–Crippen LogP) is 0.0973. The highest BCUT2D eigenvalue weighted by molar-refractivity contribution is 6.04. The molecule has 0 radical (unpaired) electrons. The fourth-order valence-corrected chi connectivity index (χ4v) is 0.959. The van der Waals surface area contributed by atoms with Crippen molar-refractivity contribution in [2.24, 2.45) is 5.73 Å². The highest BCUT2D eigenvalue weighted by atomic mass is 14.6. The standard InChI is InChI=1S/C10H12N2/c1-8(11)7-10(12)9-5-3-2-4-6-9/h2-7,12H,11H2,1H3/p+1/b8-7-,12-10?. The van der Waals surface area contributed by atoms with Crippen LogP contribution in [0, 0.1) is 0 Å². The van der Waals surface area contributed by atoms with Crippen LogP contribution in [0.4, 0.5) is 0 Å². The predicted molar refractivity (Wildman–Crippen MR) is 50.4 cm³/mol. The maximum atomic E-state index is 5.76. The molecule has 0 aliphatic carbocycles. The molecule has 12 heavy (non-hydrogen) atoms. The van der Waals surface area contributed by atoms with Crippen molar-refractivity contribution in [3.8, 4) is 0 Å². The third-order valence-corrected chi connectivity index (χ3v) is 1.49. The zero-order valence-electron chi connectivity index (χ0n) is 7.12. The molecule has 2 nitrogen and oxygen atoms in total. The summed E-state index contributed by atoms with van der Waals surface area (Å²) in [6.07, 6.45) is 1.76. The molecule has 0 saturated heterocycles. The van der Waals surface area contributed by atoms with Gasteiger partial charge in [0, 0.05) is 17.3 Å². The summed E-state index contributed by atoms with van der Waals surface area (Å²) in [5.74, 6) is 0. The van der Waals surface area contributed by atoms with Crippen LogP contribution in [0.1, 0.15) is 12.5 Å². The van der Waals surface area contributed by atoms with Crippen LogP contribution < -0.4 is 11.1 Å². The van der Waals surface area contributed by atoms with Crippen LogP contribution >= 0.6 is 0 Å². The number of hydrogen-bond donors (Lipinski definition) is 2. The van der Waals surface area contributed by atoms with E-state index < -0.39 is 0 Å². The molecular weight excluding hydrogens is 148 g/mol. The summed E-state index contributed by atoms with van der Waals surface area (Å²) < 4.78 is 0. The van der Waals surface area contributed by atoms with Crippen LogP contribution in [0.15, 0.2) is 42.1 Å². The van der Waals surface area contributed by atoms with Gasteiger partial charge in [0.05, 0.1) is 0 Å². The summed E-state index contributed by atoms with van der Waals surface area (Å²) in [7, 11) is 0. The summed E-state index contributed by atoms with van der Waals surface area (Å²) in [4.78, 5) is 0. The van der Waals surface area contributed by atoms with Gasteiger partial charge in [-0.1, -0.05) is 18.2 Å². The first-order valence-corrected chi connectivity index (χ1v) is 3.82. The third-order valence-electron chi connectivity index (χ3n) is 1.49. The van der Waals surface area contributed by atoms with Crippen LogP contribution in [-0.4, -0.2) is 5.71 Å². The Bertz CT molecular complexity index is 295. The minimum atomic E-state index is 0.704. The molecule has 0 fully saturated rings. The van der Waals surface area contributed by atoms with Crippen molar-refractivity contribution in [3.05, 3.63) is 47.7 Å². The lowest BCUT2D eigenvalue weighted by molar-refractivity contribution is -0.111. The molecule has 62 valence electrons. The number of allylic oxidation sites excluding steroid dienone is 2. The van der Waals surface area contributed by atoms with Crippen LogP contribution in [-0.2, 0) is 0 Å². The Morgan fingerprint density at radius 1 is 1.33 bits per heavy atom. The zero-order chi connectivity index (χ0) is 8.97. The van der Waals surface area contributed by atoms with Gasteiger partial charge in [0.25, 0.3) is 0 Å². The Morgan fingerprint density at radius 2 is 1.92 bits per heavy atom. The highest BCUT2D eigenvalue weighted by Gasteiger charge is 2.00. The van der Waals surface area contributed by atoms with Gasteiger partial charge >= 0.3 is 0 Å². The fourth-order valence-electron chi connectivity index (χ4n) is 0.959. The summed E-state index contributed by atoms with van der Waals surface area (Å²) in [5, 5.41) is 5.76. The van der Waals surface area contributed by atoms with Gasteiger partial charge in [0.15, 0.2) is 0 Å². The molecule has 0 aliphatic rings. The topological polar surface area (TPSA) is 51.6 Å². The highest BCUT2D eigenvalue weighted by Crippen LogP contribution is 1.98. The lowest BCUT2D eigenvalue weighted by Gasteiger charge is -1.92. The van der Waals surface area contributed by atoms with E-state index in [1.54, 1.807) is 6.08 Å². The number of nitrogens with two attached hydrogens (primary N) is 2. The van der Waals surface area contributed by atoms with E-state index in [9.17, 15) is 0 Å². The van der Waals surface area contributed by atoms with Crippen molar-refractivity contribution in [3.63, 3.8) is 0 Å². The lowest BCUT2D eigenvalue weighted by atomic mass is 10.1. The molecule has 0 bridgehead atoms. The normalized spacial score (nSPS) is 11.2. The molecule has 0 atom stereocenters. The number of rotatable bonds is 2. The van der Waals surface area contributed by atoms with Crippen molar-refractivity contribution in [2.75, 3.05) is 0 Å². The van der Waals surface area contributed by atoms with E-state index >= 15 is 0 Å². The molecule has 0 aliphatic heterocycles. The molecule has 0 heterocycles. The van der Waals surface area contributed by atoms with Gasteiger partial charge in [-0.3, -0.25) is 5.41 Å². The second kappa shape index (κ2) is 3.72. The van der Waals surface area contributed by atoms with E-state index in [2.05, 4.69) is 0 Å². The van der Waals surface area contributed by atoms with Crippen LogP contribution in [0.25, 0.3) is 0 Å². The SMILES string of the molecule is C/C(N)=C/C(=[NH2+])c1ccccc1. The second-order valence-electron chi connectivity index (χ2n) is 2.71. The van der Waals surface area contributed by atoms with Gasteiger partial charge in [-0.05, 0) is 19.1 Å². The van der Waals surface area contributed by atoms with Crippen LogP contribution in [0.5, 0.6) is 0 Å². The van der Waals surface area contributed by atoms with E-state index in [0.29, 0.717) is 5.71 Å². The second-order valence-corrected chi connectivity index (χ2v) is 2.71. The molecule has 0 amide bonds. The van der Waals surface area contributed by atoms with Gasteiger partial charge in [-0.15, -0.1) is 0 Å². The molecule has 0 spiro atoms. The van der Waals surface area contributed by atoms with Crippen LogP contribution in [0.2, 0.25) is 0 Å². The third kappa shape index (κ3) is 2.23. The number of hydrogen-bond acceptors (Lipinski definition) is 1. The largest absolute Gasteiger partial charge is 0.402 e. The van der Waals surface area contributed by atoms with Crippen molar-refractivity contribution in [2.45, 2.75) is 6.92 Å². The molecule has 1 aromatic carbocycles. The molecule has 0 saturated carbocycles. The Balaban J connectivity index is 2.87. The van der Waals surface area contributed by atoms with Gasteiger partial charge in [0.2, 0.25) is 5.71 Å². The van der Waals surface area contributed by atoms with Gasteiger partial charge in [0.1, 0.15) is 0 Å². The average molecular weight is 161 g/mol. The van der Waals surface area contributed by atoms with Gasteiger partial charge in [-0.2, -0.15) is 0 Å². The molecular formula is C10H13N2+. The first-order valence-electron chi connectivity index (χ1n) is 3.82. The first-order chi connectivity index (χ1) is 5.70. The van der Waals surface area contributed by atoms with E-state index in [1.807, 2.05) is 37.3 Å². The van der Waals surface area contributed by atoms with Crippen molar-refractivity contribution in [1.29, 1.82) is 0 Å². The Morgan fingerprint density at radius 3 is 2.42 bits per heavy atom. The summed E-state index contributed by atoms with van der Waals surface area (Å²) in [6.45, 7) is 1.82. The first kappa shape index (κ1) is 8.53. The minimum Gasteiger partial charge on any atom is -0.402 e. The summed E-state index contributed by atoms with van der Waals surface area (Å²) >= 11 is 0. The zero-order valence-corrected chi connectivity index (χ0v) is 7.12. The van der Waals surface area contributed by atoms with Crippen molar-refractivity contribution >= 4 is 5.71 Å². The number of benzene rings is 1. The Kier molecular flexibility index (Phi) is 2.64. The molecule has 4 N–H and O–H groups in total. The lowest BCUT2D eigenvalue weighted by Crippen LogP contribution is -2.39. The molecule has 1 rings (SSSR count). The van der Waals surface area contributed by atoms with Gasteiger partial charge < -0.3 is 5.73 Å². The monoisotopic (exact) mass is 161 g/mol. The summed E-state index contributed by atoms with van der Waals surface area (Å²) in [5.41, 5.74) is 7.92. The van der Waals surface area contributed by atoms with Crippen LogP contribution in [0.3, 0.4) is 0 Å².